The zero-order valence-corrected chi connectivity index (χ0v) is 9.48. The Balaban J connectivity index is 3.31. The summed E-state index contributed by atoms with van der Waals surface area (Å²) in [6, 6.07) is 2.22. The van der Waals surface area contributed by atoms with Gasteiger partial charge in [0, 0.05) is 6.07 Å². The number of carboxylic acids is 1. The predicted molar refractivity (Wildman–Crippen MR) is 58.8 cm³/mol. The lowest BCUT2D eigenvalue weighted by molar-refractivity contribution is -0.138. The van der Waals surface area contributed by atoms with Gasteiger partial charge in [-0.1, -0.05) is 0 Å². The molecule has 88 valence electrons. The molecule has 1 aromatic carbocycles. The summed E-state index contributed by atoms with van der Waals surface area (Å²) in [7, 11) is 3.01. The van der Waals surface area contributed by atoms with Gasteiger partial charge in [-0.15, -0.1) is 0 Å². The standard InChI is InChI=1S/C11H15NO4/c1-6-8(10(12)11(13)14)4-7(15-2)5-9(6)16-3/h4-5,10H,12H2,1-3H3,(H,13,14). The molecule has 0 radical (unpaired) electrons. The number of nitrogens with two attached hydrogens (primary N) is 1. The fourth-order valence-corrected chi connectivity index (χ4v) is 1.47. The SMILES string of the molecule is COc1cc(OC)c(C)c(C(N)C(=O)O)c1. The first-order valence-corrected chi connectivity index (χ1v) is 4.72. The third-order valence-corrected chi connectivity index (χ3v) is 2.43. The molecule has 0 aliphatic heterocycles. The van der Waals surface area contributed by atoms with Crippen molar-refractivity contribution in [2.45, 2.75) is 13.0 Å². The van der Waals surface area contributed by atoms with Gasteiger partial charge in [0.1, 0.15) is 17.5 Å². The fraction of sp³-hybridized carbons (Fsp3) is 0.364. The largest absolute Gasteiger partial charge is 0.497 e. The molecular weight excluding hydrogens is 210 g/mol. The highest BCUT2D eigenvalue weighted by molar-refractivity contribution is 5.76. The maximum absolute atomic E-state index is 10.8. The van der Waals surface area contributed by atoms with Crippen LogP contribution in [0.1, 0.15) is 17.2 Å². The molecule has 0 aliphatic carbocycles. The Labute approximate surface area is 93.8 Å². The van der Waals surface area contributed by atoms with E-state index in [0.717, 1.165) is 0 Å². The second-order valence-electron chi connectivity index (χ2n) is 3.36. The summed E-state index contributed by atoms with van der Waals surface area (Å²) in [5, 5.41) is 8.88. The van der Waals surface area contributed by atoms with Crippen molar-refractivity contribution in [1.82, 2.24) is 0 Å². The highest BCUT2D eigenvalue weighted by Crippen LogP contribution is 2.30. The van der Waals surface area contributed by atoms with Gasteiger partial charge in [-0.25, -0.2) is 0 Å². The predicted octanol–water partition coefficient (Wildman–Crippen LogP) is 1.10. The van der Waals surface area contributed by atoms with Crippen molar-refractivity contribution < 1.29 is 19.4 Å². The monoisotopic (exact) mass is 225 g/mol. The lowest BCUT2D eigenvalue weighted by Crippen LogP contribution is -2.21. The van der Waals surface area contributed by atoms with Crippen LogP contribution in [0.25, 0.3) is 0 Å². The van der Waals surface area contributed by atoms with E-state index in [1.165, 1.54) is 14.2 Å². The molecule has 5 nitrogen and oxygen atoms in total. The molecule has 1 rings (SSSR count). The molecule has 5 heteroatoms. The summed E-state index contributed by atoms with van der Waals surface area (Å²) in [4.78, 5) is 10.8. The summed E-state index contributed by atoms with van der Waals surface area (Å²) in [5.74, 6) is -0.00129. The molecule has 0 heterocycles. The van der Waals surface area contributed by atoms with Gasteiger partial charge in [-0.05, 0) is 24.1 Å². The molecule has 0 amide bonds. The molecule has 0 saturated heterocycles. The maximum Gasteiger partial charge on any atom is 0.325 e. The summed E-state index contributed by atoms with van der Waals surface area (Å²) in [6.45, 7) is 1.76. The Kier molecular flexibility index (Phi) is 3.73. The lowest BCUT2D eigenvalue weighted by atomic mass is 10.0. The smallest absolute Gasteiger partial charge is 0.325 e. The molecule has 16 heavy (non-hydrogen) atoms. The van der Waals surface area contributed by atoms with Crippen LogP contribution in [0.4, 0.5) is 0 Å². The zero-order valence-electron chi connectivity index (χ0n) is 9.48. The Morgan fingerprint density at radius 2 is 2.00 bits per heavy atom. The van der Waals surface area contributed by atoms with E-state index in [-0.39, 0.29) is 0 Å². The van der Waals surface area contributed by atoms with Crippen LogP contribution in [0.5, 0.6) is 11.5 Å². The van der Waals surface area contributed by atoms with E-state index < -0.39 is 12.0 Å². The summed E-state index contributed by atoms with van der Waals surface area (Å²) < 4.78 is 10.2. The molecule has 0 spiro atoms. The fourth-order valence-electron chi connectivity index (χ4n) is 1.47. The normalized spacial score (nSPS) is 12.0. The molecule has 0 aromatic heterocycles. The summed E-state index contributed by atoms with van der Waals surface area (Å²) in [6.07, 6.45) is 0. The Bertz CT molecular complexity index is 403. The number of carboxylic acid groups (broad SMARTS) is 1. The van der Waals surface area contributed by atoms with Crippen LogP contribution < -0.4 is 15.2 Å². The van der Waals surface area contributed by atoms with Crippen molar-refractivity contribution in [2.24, 2.45) is 5.73 Å². The second-order valence-corrected chi connectivity index (χ2v) is 3.36. The van der Waals surface area contributed by atoms with Crippen molar-refractivity contribution in [3.8, 4) is 11.5 Å². The molecule has 0 bridgehead atoms. The van der Waals surface area contributed by atoms with Gasteiger partial charge < -0.3 is 20.3 Å². The van der Waals surface area contributed by atoms with E-state index in [1.54, 1.807) is 19.1 Å². The van der Waals surface area contributed by atoms with Crippen LogP contribution in [-0.4, -0.2) is 25.3 Å². The average Bonchev–Trinajstić information content (AvgIpc) is 2.28. The van der Waals surface area contributed by atoms with Crippen LogP contribution in [0.2, 0.25) is 0 Å². The van der Waals surface area contributed by atoms with Gasteiger partial charge in [0.2, 0.25) is 0 Å². The Morgan fingerprint density at radius 1 is 1.38 bits per heavy atom. The van der Waals surface area contributed by atoms with Gasteiger partial charge in [0.15, 0.2) is 0 Å². The maximum atomic E-state index is 10.8. The lowest BCUT2D eigenvalue weighted by Gasteiger charge is -2.15. The molecule has 1 aromatic rings. The van der Waals surface area contributed by atoms with E-state index in [0.29, 0.717) is 22.6 Å². The van der Waals surface area contributed by atoms with Crippen LogP contribution in [0.3, 0.4) is 0 Å². The van der Waals surface area contributed by atoms with E-state index in [9.17, 15) is 4.79 Å². The third kappa shape index (κ3) is 2.25. The van der Waals surface area contributed by atoms with Crippen LogP contribution in [0, 0.1) is 6.92 Å². The molecule has 1 atom stereocenters. The quantitative estimate of drug-likeness (QED) is 0.801. The van der Waals surface area contributed by atoms with E-state index in [2.05, 4.69) is 0 Å². The van der Waals surface area contributed by atoms with Gasteiger partial charge in [0.05, 0.1) is 14.2 Å². The molecule has 0 aliphatic rings. The van der Waals surface area contributed by atoms with Crippen molar-refractivity contribution in [3.05, 3.63) is 23.3 Å². The number of aliphatic carboxylic acids is 1. The van der Waals surface area contributed by atoms with Gasteiger partial charge in [-0.3, -0.25) is 4.79 Å². The number of benzene rings is 1. The van der Waals surface area contributed by atoms with Crippen molar-refractivity contribution in [3.63, 3.8) is 0 Å². The summed E-state index contributed by atoms with van der Waals surface area (Å²) >= 11 is 0. The number of hydrogen-bond acceptors (Lipinski definition) is 4. The number of methoxy groups -OCH3 is 2. The minimum Gasteiger partial charge on any atom is -0.497 e. The first-order chi connectivity index (χ1) is 7.51. The number of hydrogen-bond donors (Lipinski definition) is 2. The Hall–Kier alpha value is -1.75. The highest BCUT2D eigenvalue weighted by Gasteiger charge is 2.19. The van der Waals surface area contributed by atoms with Gasteiger partial charge >= 0.3 is 5.97 Å². The molecular formula is C11H15NO4. The summed E-state index contributed by atoms with van der Waals surface area (Å²) in [5.41, 5.74) is 6.77. The highest BCUT2D eigenvalue weighted by atomic mass is 16.5. The minimum atomic E-state index is -1.08. The average molecular weight is 225 g/mol. The minimum absolute atomic E-state index is 0.490. The third-order valence-electron chi connectivity index (χ3n) is 2.43. The van der Waals surface area contributed by atoms with E-state index in [4.69, 9.17) is 20.3 Å². The first-order valence-electron chi connectivity index (χ1n) is 4.72. The van der Waals surface area contributed by atoms with E-state index in [1.807, 2.05) is 0 Å². The Morgan fingerprint density at radius 3 is 2.44 bits per heavy atom. The number of rotatable bonds is 4. The zero-order chi connectivity index (χ0) is 12.3. The molecule has 0 fully saturated rings. The van der Waals surface area contributed by atoms with Crippen LogP contribution in [0.15, 0.2) is 12.1 Å². The van der Waals surface area contributed by atoms with Gasteiger partial charge in [0.25, 0.3) is 0 Å². The number of ether oxygens (including phenoxy) is 2. The second kappa shape index (κ2) is 4.85. The van der Waals surface area contributed by atoms with Crippen molar-refractivity contribution >= 4 is 5.97 Å². The van der Waals surface area contributed by atoms with Crippen LogP contribution in [-0.2, 0) is 4.79 Å². The topological polar surface area (TPSA) is 81.8 Å². The first kappa shape index (κ1) is 12.3. The molecule has 0 saturated carbocycles. The van der Waals surface area contributed by atoms with Crippen molar-refractivity contribution in [1.29, 1.82) is 0 Å². The van der Waals surface area contributed by atoms with Crippen LogP contribution >= 0.6 is 0 Å². The van der Waals surface area contributed by atoms with Gasteiger partial charge in [-0.2, -0.15) is 0 Å². The number of carbonyl (C=O) groups is 1. The molecule has 1 unspecified atom stereocenters. The van der Waals surface area contributed by atoms with Crippen molar-refractivity contribution in [2.75, 3.05) is 14.2 Å². The molecule has 3 N–H and O–H groups in total. The van der Waals surface area contributed by atoms with E-state index >= 15 is 0 Å².